The van der Waals surface area contributed by atoms with Crippen LogP contribution < -0.4 is 0 Å². The zero-order valence-electron chi connectivity index (χ0n) is 31.9. The van der Waals surface area contributed by atoms with E-state index in [4.69, 9.17) is 14.2 Å². The summed E-state index contributed by atoms with van der Waals surface area (Å²) in [6.07, 6.45) is 19.7. The SMILES string of the molecule is CCCCCCCCCCCCCCCC(=O)OC(COC(=O)CCCCCCC[18F])COC(c1ccccc1)(c1ccccc1)c1ccccc1. The molecule has 1 unspecified atom stereocenters. The zero-order valence-corrected chi connectivity index (χ0v) is 31.9. The maximum atomic E-state index is 13.2. The van der Waals surface area contributed by atoms with E-state index in [9.17, 15) is 14.0 Å². The molecule has 0 aromatic heterocycles. The lowest BCUT2D eigenvalue weighted by Crippen LogP contribution is -2.38. The van der Waals surface area contributed by atoms with Gasteiger partial charge in [-0.15, -0.1) is 0 Å². The minimum absolute atomic E-state index is 0.0273. The van der Waals surface area contributed by atoms with E-state index in [2.05, 4.69) is 6.92 Å². The number of unbranched alkanes of at least 4 members (excludes halogenated alkanes) is 16. The van der Waals surface area contributed by atoms with Gasteiger partial charge in [0.05, 0.1) is 13.3 Å². The first kappa shape index (κ1) is 42.9. The second-order valence-corrected chi connectivity index (χ2v) is 14.1. The summed E-state index contributed by atoms with van der Waals surface area (Å²) in [5, 5.41) is 0. The summed E-state index contributed by atoms with van der Waals surface area (Å²) in [4.78, 5) is 25.9. The third-order valence-electron chi connectivity index (χ3n) is 9.75. The van der Waals surface area contributed by atoms with Crippen molar-refractivity contribution in [2.45, 2.75) is 147 Å². The molecule has 0 aliphatic heterocycles. The van der Waals surface area contributed by atoms with Crippen LogP contribution in [0.1, 0.15) is 152 Å². The molecule has 0 fully saturated rings. The van der Waals surface area contributed by atoms with Crippen LogP contribution in [0.3, 0.4) is 0 Å². The van der Waals surface area contributed by atoms with Gasteiger partial charge < -0.3 is 14.2 Å². The molecule has 0 heterocycles. The topological polar surface area (TPSA) is 61.8 Å². The van der Waals surface area contributed by atoms with E-state index in [1.807, 2.05) is 91.0 Å². The Labute approximate surface area is 314 Å². The Hall–Kier alpha value is -3.51. The largest absolute Gasteiger partial charge is 0.462 e. The normalized spacial score (nSPS) is 12.0. The van der Waals surface area contributed by atoms with E-state index in [1.54, 1.807) is 0 Å². The minimum atomic E-state index is -0.993. The number of halogens is 1. The van der Waals surface area contributed by atoms with Gasteiger partial charge in [-0.3, -0.25) is 14.0 Å². The molecule has 0 N–H and O–H groups in total. The summed E-state index contributed by atoms with van der Waals surface area (Å²) in [6, 6.07) is 30.2. The van der Waals surface area contributed by atoms with Crippen molar-refractivity contribution in [2.24, 2.45) is 0 Å². The average molecular weight is 716 g/mol. The molecule has 0 spiro atoms. The summed E-state index contributed by atoms with van der Waals surface area (Å²) in [7, 11) is 0. The highest BCUT2D eigenvalue weighted by molar-refractivity contribution is 5.70. The summed E-state index contributed by atoms with van der Waals surface area (Å²) < 4.78 is 31.0. The van der Waals surface area contributed by atoms with Crippen LogP contribution in [-0.2, 0) is 29.4 Å². The van der Waals surface area contributed by atoms with Crippen molar-refractivity contribution < 1.29 is 28.2 Å². The summed E-state index contributed by atoms with van der Waals surface area (Å²) in [5.74, 6) is -0.631. The van der Waals surface area contributed by atoms with Crippen LogP contribution in [0.4, 0.5) is 4.39 Å². The van der Waals surface area contributed by atoms with Crippen LogP contribution >= 0.6 is 0 Å². The van der Waals surface area contributed by atoms with Crippen molar-refractivity contribution in [1.29, 1.82) is 0 Å². The Morgan fingerprint density at radius 2 is 0.904 bits per heavy atom. The Kier molecular flexibility index (Phi) is 22.4. The molecule has 5 nitrogen and oxygen atoms in total. The van der Waals surface area contributed by atoms with Gasteiger partial charge in [0.25, 0.3) is 0 Å². The first-order valence-electron chi connectivity index (χ1n) is 20.3. The first-order valence-corrected chi connectivity index (χ1v) is 20.3. The van der Waals surface area contributed by atoms with Crippen molar-refractivity contribution >= 4 is 11.9 Å². The Morgan fingerprint density at radius 1 is 0.519 bits per heavy atom. The lowest BCUT2D eigenvalue weighted by atomic mass is 9.80. The molecule has 3 aromatic carbocycles. The predicted molar refractivity (Wildman–Crippen MR) is 210 cm³/mol. The fourth-order valence-electron chi connectivity index (χ4n) is 6.79. The number of hydrogen-bond acceptors (Lipinski definition) is 5. The van der Waals surface area contributed by atoms with E-state index in [0.29, 0.717) is 19.3 Å². The molecule has 0 aliphatic carbocycles. The Balaban J connectivity index is 1.60. The van der Waals surface area contributed by atoms with Gasteiger partial charge in [-0.1, -0.05) is 194 Å². The molecule has 3 rings (SSSR count). The highest BCUT2D eigenvalue weighted by Crippen LogP contribution is 2.40. The summed E-state index contributed by atoms with van der Waals surface area (Å²) >= 11 is 0. The van der Waals surface area contributed by atoms with Crippen molar-refractivity contribution in [2.75, 3.05) is 19.9 Å². The maximum Gasteiger partial charge on any atom is 0.306 e. The van der Waals surface area contributed by atoms with E-state index in [1.165, 1.54) is 64.2 Å². The van der Waals surface area contributed by atoms with Gasteiger partial charge in [0.15, 0.2) is 6.10 Å². The van der Waals surface area contributed by atoms with E-state index in [-0.39, 0.29) is 38.2 Å². The quantitative estimate of drug-likeness (QED) is 0.0391. The molecule has 6 heteroatoms. The molecule has 1 atom stereocenters. The van der Waals surface area contributed by atoms with E-state index < -0.39 is 11.7 Å². The van der Waals surface area contributed by atoms with Gasteiger partial charge in [0.1, 0.15) is 12.2 Å². The van der Waals surface area contributed by atoms with Crippen LogP contribution in [-0.4, -0.2) is 37.9 Å². The number of hydrogen-bond donors (Lipinski definition) is 0. The van der Waals surface area contributed by atoms with Gasteiger partial charge >= 0.3 is 11.9 Å². The fraction of sp³-hybridized carbons (Fsp3) is 0.565. The van der Waals surface area contributed by atoms with Crippen molar-refractivity contribution in [1.82, 2.24) is 0 Å². The second kappa shape index (κ2) is 27.1. The lowest BCUT2D eigenvalue weighted by molar-refractivity contribution is -0.165. The third kappa shape index (κ3) is 16.4. The highest BCUT2D eigenvalue weighted by Gasteiger charge is 2.38. The first-order chi connectivity index (χ1) is 25.6. The number of benzene rings is 3. The van der Waals surface area contributed by atoms with Crippen LogP contribution in [0.5, 0.6) is 0 Å². The average Bonchev–Trinajstić information content (AvgIpc) is 3.18. The molecule has 0 saturated heterocycles. The van der Waals surface area contributed by atoms with Crippen molar-refractivity contribution in [3.63, 3.8) is 0 Å². The fourth-order valence-corrected chi connectivity index (χ4v) is 6.79. The molecule has 0 bridgehead atoms. The predicted octanol–water partition coefficient (Wildman–Crippen LogP) is 12.2. The molecule has 0 aliphatic rings. The van der Waals surface area contributed by atoms with Crippen LogP contribution in [0.25, 0.3) is 0 Å². The Morgan fingerprint density at radius 3 is 1.33 bits per heavy atom. The van der Waals surface area contributed by atoms with Gasteiger partial charge in [0.2, 0.25) is 0 Å². The number of esters is 2. The van der Waals surface area contributed by atoms with E-state index in [0.717, 1.165) is 55.2 Å². The molecular weight excluding hydrogens is 651 g/mol. The highest BCUT2D eigenvalue weighted by atomic mass is 18.2. The van der Waals surface area contributed by atoms with Gasteiger partial charge in [0, 0.05) is 12.8 Å². The molecule has 0 radical (unpaired) electrons. The number of rotatable bonds is 30. The standard InChI is InChI=1S/C46H65FO5/c1-2-3-4-5-6-7-8-9-10-11-12-14-27-36-45(49)52-43(38-50-44(48)35-26-15-13-16-28-37-47)39-51-46(40-29-20-17-21-30-40,41-31-22-18-23-32-41)42-33-24-19-25-34-42/h17-25,29-34,43H,2-16,26-28,35-39H2,1H3/i47-1. The molecule has 286 valence electrons. The van der Waals surface area contributed by atoms with Crippen molar-refractivity contribution in [3.8, 4) is 0 Å². The minimum Gasteiger partial charge on any atom is -0.462 e. The summed E-state index contributed by atoms with van der Waals surface area (Å²) in [6.45, 7) is 1.90. The second-order valence-electron chi connectivity index (χ2n) is 14.1. The molecule has 0 saturated carbocycles. The maximum absolute atomic E-state index is 13.2. The molecule has 3 aromatic rings. The van der Waals surface area contributed by atoms with Gasteiger partial charge in [-0.25, -0.2) is 0 Å². The van der Waals surface area contributed by atoms with Crippen LogP contribution in [0, 0.1) is 0 Å². The zero-order chi connectivity index (χ0) is 37.0. The number of ether oxygens (including phenoxy) is 3. The van der Waals surface area contributed by atoms with Crippen LogP contribution in [0.2, 0.25) is 0 Å². The van der Waals surface area contributed by atoms with Crippen LogP contribution in [0.15, 0.2) is 91.0 Å². The number of carbonyl (C=O) groups excluding carboxylic acids is 2. The third-order valence-corrected chi connectivity index (χ3v) is 9.75. The van der Waals surface area contributed by atoms with Gasteiger partial charge in [-0.2, -0.15) is 0 Å². The number of carbonyl (C=O) groups is 2. The lowest BCUT2D eigenvalue weighted by Gasteiger charge is -2.37. The smallest absolute Gasteiger partial charge is 0.306 e. The van der Waals surface area contributed by atoms with E-state index >= 15 is 0 Å². The monoisotopic (exact) mass is 715 g/mol. The Bertz CT molecular complexity index is 1220. The molecule has 0 amide bonds. The molecule has 52 heavy (non-hydrogen) atoms. The van der Waals surface area contributed by atoms with Crippen molar-refractivity contribution in [3.05, 3.63) is 108 Å². The number of alkyl halides is 1. The summed E-state index contributed by atoms with van der Waals surface area (Å²) in [5.41, 5.74) is 1.82. The molecular formula is C46H65FO5. The van der Waals surface area contributed by atoms with Gasteiger partial charge in [-0.05, 0) is 36.0 Å².